The highest BCUT2D eigenvalue weighted by atomic mass is 16.2. The fraction of sp³-hybridized carbons (Fsp3) is 0.154. The first-order valence-corrected chi connectivity index (χ1v) is 11.5. The van der Waals surface area contributed by atoms with Gasteiger partial charge in [-0.05, 0) is 24.6 Å². The predicted molar refractivity (Wildman–Crippen MR) is 134 cm³/mol. The van der Waals surface area contributed by atoms with Gasteiger partial charge in [0.15, 0.2) is 0 Å². The molecule has 3 N–H and O–H groups in total. The molecule has 4 aromatic heterocycles. The van der Waals surface area contributed by atoms with E-state index in [1.165, 1.54) is 0 Å². The van der Waals surface area contributed by atoms with Crippen molar-refractivity contribution in [2.24, 2.45) is 0 Å². The van der Waals surface area contributed by atoms with Crippen molar-refractivity contribution in [2.75, 3.05) is 18.4 Å². The maximum atomic E-state index is 13.1. The first-order valence-electron chi connectivity index (χ1n) is 11.5. The van der Waals surface area contributed by atoms with E-state index in [-0.39, 0.29) is 11.9 Å². The molecular weight excluding hydrogens is 454 g/mol. The molecule has 1 aliphatic rings. The number of H-pyrrole nitrogens is 2. The maximum Gasteiger partial charge on any atom is 0.253 e. The predicted octanol–water partition coefficient (Wildman–Crippen LogP) is 3.61. The molecular formula is C26H21N9O. The number of pyridine rings is 2. The van der Waals surface area contributed by atoms with E-state index in [4.69, 9.17) is 0 Å². The lowest BCUT2D eigenvalue weighted by Crippen LogP contribution is -2.31. The molecule has 1 amide bonds. The third-order valence-corrected chi connectivity index (χ3v) is 6.39. The second-order valence-corrected chi connectivity index (χ2v) is 8.63. The number of aromatic amines is 2. The van der Waals surface area contributed by atoms with Crippen molar-refractivity contribution in [3.63, 3.8) is 0 Å². The lowest BCUT2D eigenvalue weighted by atomic mass is 10.0. The first-order chi connectivity index (χ1) is 17.7. The molecule has 1 aliphatic heterocycles. The van der Waals surface area contributed by atoms with E-state index in [0.717, 1.165) is 34.3 Å². The van der Waals surface area contributed by atoms with E-state index in [1.54, 1.807) is 37.2 Å². The zero-order chi connectivity index (χ0) is 24.5. The van der Waals surface area contributed by atoms with Crippen LogP contribution in [-0.4, -0.2) is 60.1 Å². The van der Waals surface area contributed by atoms with Gasteiger partial charge >= 0.3 is 0 Å². The number of benzene rings is 1. The standard InChI is InChI=1S/C26H21N9O/c27-10-18-11-30-22-14-31-23(9-21(22)24(18)19-12-32-33-13-19)34-20-5-8-35(15-20)26(36)17-3-1-16(2-4-17)25-28-6-7-29-25/h1-4,6-7,9,11-14,20H,5,8,15H2,(H,28,29)(H,31,34)(H,32,33)/t20-/m1/s1. The number of hydrogen-bond acceptors (Lipinski definition) is 7. The minimum Gasteiger partial charge on any atom is -0.365 e. The number of amides is 1. The van der Waals surface area contributed by atoms with Crippen LogP contribution in [0.5, 0.6) is 0 Å². The fourth-order valence-electron chi connectivity index (χ4n) is 4.61. The number of hydrogen-bond donors (Lipinski definition) is 3. The fourth-order valence-corrected chi connectivity index (χ4v) is 4.61. The van der Waals surface area contributed by atoms with E-state index in [0.29, 0.717) is 35.6 Å². The number of rotatable bonds is 5. The molecule has 0 saturated carbocycles. The topological polar surface area (TPSA) is 139 Å². The van der Waals surface area contributed by atoms with Crippen LogP contribution < -0.4 is 5.32 Å². The summed E-state index contributed by atoms with van der Waals surface area (Å²) in [7, 11) is 0. The molecule has 10 heteroatoms. The molecule has 0 spiro atoms. The van der Waals surface area contributed by atoms with Gasteiger partial charge in [0.1, 0.15) is 17.7 Å². The number of anilines is 1. The number of nitrogens with zero attached hydrogens (tertiary/aromatic N) is 6. The lowest BCUT2D eigenvalue weighted by molar-refractivity contribution is 0.0791. The number of likely N-dealkylation sites (tertiary alicyclic amines) is 1. The largest absolute Gasteiger partial charge is 0.365 e. The molecule has 6 rings (SSSR count). The molecule has 5 aromatic rings. The number of carbonyl (C=O) groups is 1. The van der Waals surface area contributed by atoms with Crippen molar-refractivity contribution in [3.05, 3.63) is 78.6 Å². The summed E-state index contributed by atoms with van der Waals surface area (Å²) in [6.07, 6.45) is 11.0. The summed E-state index contributed by atoms with van der Waals surface area (Å²) in [6, 6.07) is 11.7. The normalized spacial score (nSPS) is 15.2. The summed E-state index contributed by atoms with van der Waals surface area (Å²) in [5, 5.41) is 20.7. The van der Waals surface area contributed by atoms with Gasteiger partial charge in [0.05, 0.1) is 23.5 Å². The molecule has 0 bridgehead atoms. The van der Waals surface area contributed by atoms with Crippen molar-refractivity contribution in [1.82, 2.24) is 35.0 Å². The van der Waals surface area contributed by atoms with Crippen LogP contribution in [-0.2, 0) is 0 Å². The molecule has 1 aromatic carbocycles. The Morgan fingerprint density at radius 2 is 2.00 bits per heavy atom. The van der Waals surface area contributed by atoms with Crippen molar-refractivity contribution >= 4 is 22.6 Å². The van der Waals surface area contributed by atoms with Crippen LogP contribution in [0, 0.1) is 11.3 Å². The molecule has 1 atom stereocenters. The van der Waals surface area contributed by atoms with Gasteiger partial charge in [0.25, 0.3) is 5.91 Å². The zero-order valence-electron chi connectivity index (χ0n) is 19.1. The smallest absolute Gasteiger partial charge is 0.253 e. The summed E-state index contributed by atoms with van der Waals surface area (Å²) in [6.45, 7) is 1.23. The van der Waals surface area contributed by atoms with E-state index in [1.807, 2.05) is 35.2 Å². The van der Waals surface area contributed by atoms with Crippen molar-refractivity contribution in [3.8, 4) is 28.6 Å². The number of fused-ring (bicyclic) bond motifs is 1. The van der Waals surface area contributed by atoms with Gasteiger partial charge in [-0.2, -0.15) is 10.4 Å². The van der Waals surface area contributed by atoms with E-state index in [2.05, 4.69) is 41.5 Å². The number of aromatic nitrogens is 6. The Kier molecular flexibility index (Phi) is 5.35. The molecule has 10 nitrogen and oxygen atoms in total. The van der Waals surface area contributed by atoms with E-state index < -0.39 is 0 Å². The van der Waals surface area contributed by atoms with Crippen LogP contribution in [0.25, 0.3) is 33.4 Å². The van der Waals surface area contributed by atoms with Gasteiger partial charge in [0, 0.05) is 71.6 Å². The number of nitriles is 1. The lowest BCUT2D eigenvalue weighted by Gasteiger charge is -2.18. The second kappa shape index (κ2) is 8.96. The van der Waals surface area contributed by atoms with Crippen LogP contribution in [0.4, 0.5) is 5.82 Å². The molecule has 36 heavy (non-hydrogen) atoms. The van der Waals surface area contributed by atoms with Gasteiger partial charge in [-0.1, -0.05) is 12.1 Å². The molecule has 176 valence electrons. The summed E-state index contributed by atoms with van der Waals surface area (Å²) < 4.78 is 0. The average Bonchev–Trinajstić information content (AvgIpc) is 3.71. The molecule has 0 aliphatic carbocycles. The second-order valence-electron chi connectivity index (χ2n) is 8.63. The highest BCUT2D eigenvalue weighted by Crippen LogP contribution is 2.31. The Morgan fingerprint density at radius 1 is 1.11 bits per heavy atom. The van der Waals surface area contributed by atoms with Crippen LogP contribution >= 0.6 is 0 Å². The third kappa shape index (κ3) is 3.92. The number of nitrogens with one attached hydrogen (secondary N) is 3. The molecule has 1 saturated heterocycles. The summed E-state index contributed by atoms with van der Waals surface area (Å²) in [5.41, 5.74) is 4.32. The highest BCUT2D eigenvalue weighted by Gasteiger charge is 2.27. The van der Waals surface area contributed by atoms with Gasteiger partial charge in [-0.15, -0.1) is 0 Å². The van der Waals surface area contributed by atoms with Crippen LogP contribution in [0.1, 0.15) is 22.3 Å². The Hall–Kier alpha value is -5.04. The Labute approximate surface area is 206 Å². The minimum absolute atomic E-state index is 0.00173. The SMILES string of the molecule is N#Cc1cnc2cnc(N[C@@H]3CCN(C(=O)c4ccc(-c5ncc[nH]5)cc4)C3)cc2c1-c1cn[nH]c1. The quantitative estimate of drug-likeness (QED) is 0.353. The minimum atomic E-state index is 0.00173. The summed E-state index contributed by atoms with van der Waals surface area (Å²) >= 11 is 0. The van der Waals surface area contributed by atoms with Crippen molar-refractivity contribution in [1.29, 1.82) is 5.26 Å². The highest BCUT2D eigenvalue weighted by molar-refractivity contribution is 5.98. The van der Waals surface area contributed by atoms with Gasteiger partial charge < -0.3 is 15.2 Å². The zero-order valence-corrected chi connectivity index (χ0v) is 19.1. The Morgan fingerprint density at radius 3 is 2.75 bits per heavy atom. The Balaban J connectivity index is 1.19. The molecule has 5 heterocycles. The van der Waals surface area contributed by atoms with E-state index in [9.17, 15) is 10.1 Å². The summed E-state index contributed by atoms with van der Waals surface area (Å²) in [5.74, 6) is 1.45. The molecule has 0 radical (unpaired) electrons. The Bertz CT molecular complexity index is 1570. The van der Waals surface area contributed by atoms with Gasteiger partial charge in [0.2, 0.25) is 0 Å². The van der Waals surface area contributed by atoms with E-state index >= 15 is 0 Å². The van der Waals surface area contributed by atoms with Crippen molar-refractivity contribution in [2.45, 2.75) is 12.5 Å². The molecule has 0 unspecified atom stereocenters. The maximum absolute atomic E-state index is 13.1. The first kappa shape index (κ1) is 21.5. The van der Waals surface area contributed by atoms with Crippen LogP contribution in [0.3, 0.4) is 0 Å². The van der Waals surface area contributed by atoms with Gasteiger partial charge in [-0.3, -0.25) is 14.9 Å². The van der Waals surface area contributed by atoms with Crippen LogP contribution in [0.2, 0.25) is 0 Å². The van der Waals surface area contributed by atoms with Crippen molar-refractivity contribution < 1.29 is 4.79 Å². The number of imidazole rings is 1. The monoisotopic (exact) mass is 475 g/mol. The van der Waals surface area contributed by atoms with Gasteiger partial charge in [-0.25, -0.2) is 9.97 Å². The average molecular weight is 476 g/mol. The van der Waals surface area contributed by atoms with Crippen LogP contribution in [0.15, 0.2) is 67.5 Å². The number of carbonyl (C=O) groups excluding carboxylic acids is 1. The third-order valence-electron chi connectivity index (χ3n) is 6.39. The summed E-state index contributed by atoms with van der Waals surface area (Å²) in [4.78, 5) is 31.1. The molecule has 1 fully saturated rings.